The van der Waals surface area contributed by atoms with Gasteiger partial charge in [0.15, 0.2) is 0 Å². The van der Waals surface area contributed by atoms with Gasteiger partial charge in [-0.25, -0.2) is 4.39 Å². The summed E-state index contributed by atoms with van der Waals surface area (Å²) < 4.78 is 13.7. The monoisotopic (exact) mass is 278 g/mol. The minimum atomic E-state index is -0.412. The average Bonchev–Trinajstić information content (AvgIpc) is 2.43. The topological polar surface area (TPSA) is 46.3 Å². The summed E-state index contributed by atoms with van der Waals surface area (Å²) in [6.07, 6.45) is 2.04. The Morgan fingerprint density at radius 3 is 2.45 bits per heavy atom. The van der Waals surface area contributed by atoms with Crippen LogP contribution in [0.3, 0.4) is 0 Å². The molecule has 1 aliphatic heterocycles. The number of nitrogens with two attached hydrogens (primary N) is 1. The van der Waals surface area contributed by atoms with Crippen molar-refractivity contribution in [3.63, 3.8) is 0 Å². The Labute approximate surface area is 120 Å². The Morgan fingerprint density at radius 1 is 1.35 bits per heavy atom. The summed E-state index contributed by atoms with van der Waals surface area (Å²) in [5, 5.41) is 0. The van der Waals surface area contributed by atoms with E-state index in [1.807, 2.05) is 4.90 Å². The molecule has 3 nitrogen and oxygen atoms in total. The minimum Gasteiger partial charge on any atom is -0.398 e. The molecule has 2 rings (SSSR count). The summed E-state index contributed by atoms with van der Waals surface area (Å²) in [6, 6.07) is 2.87. The van der Waals surface area contributed by atoms with E-state index in [1.165, 1.54) is 6.07 Å². The maximum absolute atomic E-state index is 13.7. The number of benzene rings is 1. The third-order valence-electron chi connectivity index (χ3n) is 4.40. The summed E-state index contributed by atoms with van der Waals surface area (Å²) in [5.41, 5.74) is 6.84. The highest BCUT2D eigenvalue weighted by Crippen LogP contribution is 2.26. The molecule has 0 bridgehead atoms. The summed E-state index contributed by atoms with van der Waals surface area (Å²) in [7, 11) is 0. The van der Waals surface area contributed by atoms with Crippen LogP contribution in [-0.2, 0) is 0 Å². The van der Waals surface area contributed by atoms with Crippen molar-refractivity contribution in [2.24, 2.45) is 11.8 Å². The van der Waals surface area contributed by atoms with E-state index in [9.17, 15) is 9.18 Å². The van der Waals surface area contributed by atoms with Crippen LogP contribution in [0.4, 0.5) is 10.1 Å². The van der Waals surface area contributed by atoms with Crippen molar-refractivity contribution in [1.82, 2.24) is 4.90 Å². The van der Waals surface area contributed by atoms with E-state index in [-0.39, 0.29) is 5.91 Å². The maximum atomic E-state index is 13.7. The van der Waals surface area contributed by atoms with Crippen molar-refractivity contribution in [3.8, 4) is 0 Å². The van der Waals surface area contributed by atoms with E-state index in [0.717, 1.165) is 25.9 Å². The highest BCUT2D eigenvalue weighted by atomic mass is 19.1. The van der Waals surface area contributed by atoms with Crippen molar-refractivity contribution >= 4 is 11.6 Å². The van der Waals surface area contributed by atoms with Crippen molar-refractivity contribution in [2.45, 2.75) is 33.6 Å². The first kappa shape index (κ1) is 14.8. The largest absolute Gasteiger partial charge is 0.398 e. The van der Waals surface area contributed by atoms with Crippen LogP contribution in [0.2, 0.25) is 0 Å². The highest BCUT2D eigenvalue weighted by molar-refractivity contribution is 5.95. The van der Waals surface area contributed by atoms with Gasteiger partial charge in [0.1, 0.15) is 5.82 Å². The first-order valence-corrected chi connectivity index (χ1v) is 7.25. The number of nitrogen functional groups attached to an aromatic ring is 1. The van der Waals surface area contributed by atoms with Gasteiger partial charge in [0.2, 0.25) is 0 Å². The highest BCUT2D eigenvalue weighted by Gasteiger charge is 2.25. The van der Waals surface area contributed by atoms with Crippen molar-refractivity contribution < 1.29 is 9.18 Å². The van der Waals surface area contributed by atoms with E-state index in [0.29, 0.717) is 28.7 Å². The van der Waals surface area contributed by atoms with Crippen molar-refractivity contribution in [3.05, 3.63) is 29.1 Å². The number of hydrogen-bond acceptors (Lipinski definition) is 2. The van der Waals surface area contributed by atoms with Gasteiger partial charge in [-0.3, -0.25) is 4.79 Å². The van der Waals surface area contributed by atoms with Crippen LogP contribution in [0, 0.1) is 24.6 Å². The number of carbonyl (C=O) groups excluding carboxylic acids is 1. The van der Waals surface area contributed by atoms with Crippen LogP contribution in [-0.4, -0.2) is 23.9 Å². The molecule has 1 amide bonds. The Morgan fingerprint density at radius 2 is 1.95 bits per heavy atom. The fraction of sp³-hybridized carbons (Fsp3) is 0.562. The second kappa shape index (κ2) is 5.81. The molecule has 110 valence electrons. The molecule has 0 spiro atoms. The lowest BCUT2D eigenvalue weighted by Crippen LogP contribution is -2.39. The second-order valence-corrected chi connectivity index (χ2v) is 6.05. The molecule has 4 heteroatoms. The predicted octanol–water partition coefficient (Wildman–Crippen LogP) is 3.22. The zero-order valence-electron chi connectivity index (χ0n) is 12.4. The quantitative estimate of drug-likeness (QED) is 0.844. The standard InChI is InChI=1S/C16H23FN2O/c1-10(2)12-4-6-19(7-5-12)16(20)13-8-14(17)11(3)15(18)9-13/h8-10,12H,4-7,18H2,1-3H3. The molecule has 0 aromatic heterocycles. The van der Waals surface area contributed by atoms with Gasteiger partial charge in [-0.2, -0.15) is 0 Å². The van der Waals surface area contributed by atoms with Crippen LogP contribution < -0.4 is 5.73 Å². The molecule has 1 aliphatic rings. The molecule has 1 fully saturated rings. The SMILES string of the molecule is Cc1c(N)cc(C(=O)N2CCC(C(C)C)CC2)cc1F. The van der Waals surface area contributed by atoms with E-state index in [1.54, 1.807) is 13.0 Å². The average molecular weight is 278 g/mol. The van der Waals surface area contributed by atoms with Gasteiger partial charge in [0, 0.05) is 29.9 Å². The number of anilines is 1. The zero-order chi connectivity index (χ0) is 14.9. The second-order valence-electron chi connectivity index (χ2n) is 6.05. The van der Waals surface area contributed by atoms with Crippen LogP contribution in [0.1, 0.15) is 42.6 Å². The predicted molar refractivity (Wildman–Crippen MR) is 79.0 cm³/mol. The third-order valence-corrected chi connectivity index (χ3v) is 4.40. The Balaban J connectivity index is 2.09. The summed E-state index contributed by atoms with van der Waals surface area (Å²) in [6.45, 7) is 7.55. The first-order valence-electron chi connectivity index (χ1n) is 7.25. The Hall–Kier alpha value is -1.58. The number of likely N-dealkylation sites (tertiary alicyclic amines) is 1. The molecule has 1 saturated heterocycles. The number of piperidine rings is 1. The van der Waals surface area contributed by atoms with E-state index in [4.69, 9.17) is 5.73 Å². The Kier molecular flexibility index (Phi) is 4.31. The lowest BCUT2D eigenvalue weighted by molar-refractivity contribution is 0.0667. The van der Waals surface area contributed by atoms with Gasteiger partial charge >= 0.3 is 0 Å². The smallest absolute Gasteiger partial charge is 0.254 e. The van der Waals surface area contributed by atoms with Crippen LogP contribution in [0.5, 0.6) is 0 Å². The van der Waals surface area contributed by atoms with Crippen molar-refractivity contribution in [1.29, 1.82) is 0 Å². The normalized spacial score (nSPS) is 16.8. The van der Waals surface area contributed by atoms with Gasteiger partial charge in [-0.1, -0.05) is 13.8 Å². The molecule has 0 aliphatic carbocycles. The van der Waals surface area contributed by atoms with Gasteiger partial charge in [0.25, 0.3) is 5.91 Å². The van der Waals surface area contributed by atoms with Gasteiger partial charge in [0.05, 0.1) is 0 Å². The first-order chi connectivity index (χ1) is 9.40. The zero-order valence-corrected chi connectivity index (χ0v) is 12.4. The van der Waals surface area contributed by atoms with Crippen LogP contribution >= 0.6 is 0 Å². The molecule has 0 radical (unpaired) electrons. The lowest BCUT2D eigenvalue weighted by atomic mass is 9.86. The number of rotatable bonds is 2. The van der Waals surface area contributed by atoms with Gasteiger partial charge in [-0.15, -0.1) is 0 Å². The fourth-order valence-corrected chi connectivity index (χ4v) is 2.78. The molecule has 0 saturated carbocycles. The molecule has 1 aromatic rings. The molecular weight excluding hydrogens is 255 g/mol. The Bertz CT molecular complexity index is 482. The fourth-order valence-electron chi connectivity index (χ4n) is 2.78. The molecule has 0 atom stereocenters. The lowest BCUT2D eigenvalue weighted by Gasteiger charge is -2.34. The summed E-state index contributed by atoms with van der Waals surface area (Å²) in [5.74, 6) is 0.807. The molecule has 20 heavy (non-hydrogen) atoms. The minimum absolute atomic E-state index is 0.113. The number of hydrogen-bond donors (Lipinski definition) is 1. The van der Waals surface area contributed by atoms with E-state index in [2.05, 4.69) is 13.8 Å². The number of amides is 1. The summed E-state index contributed by atoms with van der Waals surface area (Å²) >= 11 is 0. The van der Waals surface area contributed by atoms with Gasteiger partial charge < -0.3 is 10.6 Å². The van der Waals surface area contributed by atoms with E-state index >= 15 is 0 Å². The van der Waals surface area contributed by atoms with Crippen molar-refractivity contribution in [2.75, 3.05) is 18.8 Å². The molecule has 0 unspecified atom stereocenters. The number of halogens is 1. The molecular formula is C16H23FN2O. The van der Waals surface area contributed by atoms with Crippen LogP contribution in [0.25, 0.3) is 0 Å². The number of carbonyl (C=O) groups is 1. The van der Waals surface area contributed by atoms with Crippen LogP contribution in [0.15, 0.2) is 12.1 Å². The third kappa shape index (κ3) is 2.94. The maximum Gasteiger partial charge on any atom is 0.254 e. The molecule has 2 N–H and O–H groups in total. The summed E-state index contributed by atoms with van der Waals surface area (Å²) in [4.78, 5) is 14.2. The molecule has 1 heterocycles. The van der Waals surface area contributed by atoms with E-state index < -0.39 is 5.82 Å². The van der Waals surface area contributed by atoms with Gasteiger partial charge in [-0.05, 0) is 43.7 Å². The number of nitrogens with zero attached hydrogens (tertiary/aromatic N) is 1. The molecule has 1 aromatic carbocycles.